The third-order valence-corrected chi connectivity index (χ3v) is 0.717. The second kappa shape index (κ2) is 3.03. The van der Waals surface area contributed by atoms with Crippen LogP contribution >= 0.6 is 11.6 Å². The Labute approximate surface area is 54.5 Å². The van der Waals surface area contributed by atoms with Gasteiger partial charge in [-0.25, -0.2) is 4.79 Å². The predicted molar refractivity (Wildman–Crippen MR) is 27.7 cm³/mol. The third-order valence-electron chi connectivity index (χ3n) is 0.469. The normalized spacial score (nSPS) is 11.0. The summed E-state index contributed by atoms with van der Waals surface area (Å²) in [6.45, 7) is 0. The van der Waals surface area contributed by atoms with E-state index in [2.05, 4.69) is 5.16 Å². The summed E-state index contributed by atoms with van der Waals surface area (Å²) in [6, 6.07) is 0. The molecule has 0 spiro atoms. The van der Waals surface area contributed by atoms with Crippen LogP contribution in [0.2, 0.25) is 0 Å². The van der Waals surface area contributed by atoms with Gasteiger partial charge in [0.25, 0.3) is 0 Å². The minimum absolute atomic E-state index is 0.956. The molecule has 50 valence electrons. The summed E-state index contributed by atoms with van der Waals surface area (Å²) in [4.78, 5) is 19.7. The van der Waals surface area contributed by atoms with Crippen LogP contribution in [-0.2, 0) is 9.59 Å². The Morgan fingerprint density at radius 2 is 1.89 bits per heavy atom. The molecule has 0 aliphatic rings. The van der Waals surface area contributed by atoms with E-state index in [9.17, 15) is 9.59 Å². The zero-order valence-corrected chi connectivity index (χ0v) is 4.79. The highest BCUT2D eigenvalue weighted by Gasteiger charge is 2.17. The minimum Gasteiger partial charge on any atom is -0.475 e. The molecule has 2 N–H and O–H groups in total. The summed E-state index contributed by atoms with van der Waals surface area (Å²) in [5, 5.41) is 16.8. The molecule has 0 bridgehead atoms. The third kappa shape index (κ3) is 2.09. The second-order valence-corrected chi connectivity index (χ2v) is 1.38. The van der Waals surface area contributed by atoms with E-state index in [1.807, 2.05) is 0 Å². The molecule has 0 amide bonds. The molecule has 9 heavy (non-hydrogen) atoms. The lowest BCUT2D eigenvalue weighted by Gasteiger charge is -1.84. The number of ketones is 1. The molecule has 0 atom stereocenters. The van der Waals surface area contributed by atoms with E-state index in [1.54, 1.807) is 0 Å². The lowest BCUT2D eigenvalue weighted by atomic mass is 10.4. The monoisotopic (exact) mass is 151 g/mol. The molecule has 0 fully saturated rings. The van der Waals surface area contributed by atoms with Crippen molar-refractivity contribution in [2.75, 3.05) is 0 Å². The number of carbonyl (C=O) groups excluding carboxylic acids is 1. The number of carboxylic acid groups (broad SMARTS) is 1. The van der Waals surface area contributed by atoms with Gasteiger partial charge < -0.3 is 10.3 Å². The van der Waals surface area contributed by atoms with Crippen molar-refractivity contribution in [3.63, 3.8) is 0 Å². The van der Waals surface area contributed by atoms with E-state index in [-0.39, 0.29) is 0 Å². The Kier molecular flexibility index (Phi) is 2.66. The Morgan fingerprint density at radius 3 is 2.00 bits per heavy atom. The fourth-order valence-electron chi connectivity index (χ4n) is 0.134. The van der Waals surface area contributed by atoms with E-state index in [0.29, 0.717) is 0 Å². The van der Waals surface area contributed by atoms with Crippen LogP contribution in [0.1, 0.15) is 0 Å². The first kappa shape index (κ1) is 7.90. The number of carboxylic acids is 1. The maximum atomic E-state index is 10.1. The molecule has 5 nitrogen and oxygen atoms in total. The number of nitrogens with zero attached hydrogens (tertiary/aromatic N) is 1. The van der Waals surface area contributed by atoms with Crippen molar-refractivity contribution in [3.05, 3.63) is 0 Å². The number of carbonyl (C=O) groups is 2. The van der Waals surface area contributed by atoms with Crippen molar-refractivity contribution in [3.8, 4) is 0 Å². The van der Waals surface area contributed by atoms with Gasteiger partial charge in [-0.3, -0.25) is 4.79 Å². The number of rotatable bonds is 2. The largest absolute Gasteiger partial charge is 0.475 e. The van der Waals surface area contributed by atoms with Gasteiger partial charge >= 0.3 is 11.8 Å². The quantitative estimate of drug-likeness (QED) is 0.245. The molecule has 6 heteroatoms. The lowest BCUT2D eigenvalue weighted by molar-refractivity contribution is -0.145. The Morgan fingerprint density at radius 1 is 1.44 bits per heavy atom. The van der Waals surface area contributed by atoms with Crippen LogP contribution in [0, 0.1) is 0 Å². The number of Topliss-reactive ketones (excluding diaryl/α,β-unsaturated/α-hetero) is 1. The van der Waals surface area contributed by atoms with Crippen LogP contribution in [0.25, 0.3) is 0 Å². The number of hydrogen-bond donors (Lipinski definition) is 2. The highest BCUT2D eigenvalue weighted by Crippen LogP contribution is 1.86. The first-order chi connectivity index (χ1) is 4.09. The van der Waals surface area contributed by atoms with Crippen LogP contribution in [0.4, 0.5) is 0 Å². The number of hydrogen-bond acceptors (Lipinski definition) is 4. The average molecular weight is 152 g/mol. The van der Waals surface area contributed by atoms with Crippen molar-refractivity contribution >= 4 is 28.5 Å². The van der Waals surface area contributed by atoms with Gasteiger partial charge in [-0.2, -0.15) is 0 Å². The SMILES string of the molecule is O=C(O)C(=O)/C(Cl)=N/O. The lowest BCUT2D eigenvalue weighted by Crippen LogP contribution is -2.18. The highest BCUT2D eigenvalue weighted by atomic mass is 35.5. The first-order valence-corrected chi connectivity index (χ1v) is 2.12. The zero-order chi connectivity index (χ0) is 7.44. The van der Waals surface area contributed by atoms with Crippen LogP contribution in [0.15, 0.2) is 5.16 Å². The molecule has 0 aromatic carbocycles. The van der Waals surface area contributed by atoms with Gasteiger partial charge in [0.15, 0.2) is 0 Å². The van der Waals surface area contributed by atoms with Crippen molar-refractivity contribution in [2.24, 2.45) is 5.16 Å². The maximum Gasteiger partial charge on any atom is 0.380 e. The van der Waals surface area contributed by atoms with Gasteiger partial charge in [0.1, 0.15) is 0 Å². The van der Waals surface area contributed by atoms with Gasteiger partial charge in [0.2, 0.25) is 5.17 Å². The van der Waals surface area contributed by atoms with Crippen molar-refractivity contribution in [1.29, 1.82) is 0 Å². The molecule has 0 aliphatic carbocycles. The summed E-state index contributed by atoms with van der Waals surface area (Å²) in [5.41, 5.74) is 0. The molecular formula is C3H2ClNO4. The molecular weight excluding hydrogens is 149 g/mol. The summed E-state index contributed by atoms with van der Waals surface area (Å²) in [7, 11) is 0. The smallest absolute Gasteiger partial charge is 0.380 e. The molecule has 0 heterocycles. The maximum absolute atomic E-state index is 10.1. The molecule has 0 saturated carbocycles. The Bertz CT molecular complexity index is 175. The molecule has 0 radical (unpaired) electrons. The fourth-order valence-corrected chi connectivity index (χ4v) is 0.214. The molecule has 0 rings (SSSR count). The van der Waals surface area contributed by atoms with Gasteiger partial charge in [0.05, 0.1) is 0 Å². The summed E-state index contributed by atoms with van der Waals surface area (Å²) in [6.07, 6.45) is 0. The molecule has 0 aromatic rings. The van der Waals surface area contributed by atoms with Gasteiger partial charge in [-0.15, -0.1) is 0 Å². The van der Waals surface area contributed by atoms with E-state index < -0.39 is 16.9 Å². The second-order valence-electron chi connectivity index (χ2n) is 1.03. The number of aliphatic carboxylic acids is 1. The van der Waals surface area contributed by atoms with Crippen LogP contribution in [0.5, 0.6) is 0 Å². The fraction of sp³-hybridized carbons (Fsp3) is 0. The van der Waals surface area contributed by atoms with Crippen molar-refractivity contribution in [2.45, 2.75) is 0 Å². The standard InChI is InChI=1S/C3H2ClNO4/c4-2(5-9)1(6)3(7)8/h9H,(H,7,8)/b5-2-. The average Bonchev–Trinajstić information content (AvgIpc) is 1.84. The van der Waals surface area contributed by atoms with Gasteiger partial charge in [-0.05, 0) is 0 Å². The minimum atomic E-state index is -1.75. The molecule has 0 saturated heterocycles. The van der Waals surface area contributed by atoms with Crippen LogP contribution < -0.4 is 0 Å². The number of halogens is 1. The van der Waals surface area contributed by atoms with Crippen molar-refractivity contribution in [1.82, 2.24) is 0 Å². The summed E-state index contributed by atoms with van der Waals surface area (Å²) in [5.74, 6) is -3.18. The molecule has 0 aliphatic heterocycles. The predicted octanol–water partition coefficient (Wildman–Crippen LogP) is -0.333. The van der Waals surface area contributed by atoms with E-state index in [0.717, 1.165) is 0 Å². The first-order valence-electron chi connectivity index (χ1n) is 1.74. The van der Waals surface area contributed by atoms with Gasteiger partial charge in [0, 0.05) is 0 Å². The van der Waals surface area contributed by atoms with E-state index >= 15 is 0 Å². The van der Waals surface area contributed by atoms with E-state index in [4.69, 9.17) is 21.9 Å². The highest BCUT2D eigenvalue weighted by molar-refractivity contribution is 6.90. The van der Waals surface area contributed by atoms with Crippen LogP contribution in [0.3, 0.4) is 0 Å². The summed E-state index contributed by atoms with van der Waals surface area (Å²) >= 11 is 4.78. The van der Waals surface area contributed by atoms with Gasteiger partial charge in [-0.1, -0.05) is 16.8 Å². The molecule has 0 unspecified atom stereocenters. The number of oxime groups is 1. The zero-order valence-electron chi connectivity index (χ0n) is 4.04. The van der Waals surface area contributed by atoms with E-state index in [1.165, 1.54) is 0 Å². The van der Waals surface area contributed by atoms with Crippen LogP contribution in [-0.4, -0.2) is 27.2 Å². The van der Waals surface area contributed by atoms with Crippen molar-refractivity contribution < 1.29 is 19.9 Å². The molecule has 0 aromatic heterocycles. The topological polar surface area (TPSA) is 87.0 Å². The summed E-state index contributed by atoms with van der Waals surface area (Å²) < 4.78 is 0. The Hall–Kier alpha value is -1.10. The Balaban J connectivity index is 4.23.